The minimum atomic E-state index is -0.518. The number of carbonyl (C=O) groups excluding carboxylic acids is 1. The van der Waals surface area contributed by atoms with Gasteiger partial charge in [-0.25, -0.2) is 4.39 Å². The molecule has 0 aliphatic rings. The first-order valence-corrected chi connectivity index (χ1v) is 6.66. The third-order valence-electron chi connectivity index (χ3n) is 3.36. The molecule has 0 saturated carbocycles. The molecule has 2 nitrogen and oxygen atoms in total. The molecule has 4 heteroatoms. The molecule has 2 aromatic carbocycles. The molecular formula is C16H15ClFNO. The first-order chi connectivity index (χ1) is 9.52. The summed E-state index contributed by atoms with van der Waals surface area (Å²) in [6.07, 6.45) is 0. The lowest BCUT2D eigenvalue weighted by Gasteiger charge is -2.26. The summed E-state index contributed by atoms with van der Waals surface area (Å²) in [6, 6.07) is 13.0. The molecule has 104 valence electrons. The Morgan fingerprint density at radius 2 is 1.75 bits per heavy atom. The SMILES string of the molecule is CC(c1ccccc1Cl)N(C)C(=O)c1ccccc1F. The number of nitrogens with zero attached hydrogens (tertiary/aromatic N) is 1. The van der Waals surface area contributed by atoms with Gasteiger partial charge < -0.3 is 4.90 Å². The summed E-state index contributed by atoms with van der Waals surface area (Å²) in [5.74, 6) is -0.883. The predicted octanol–water partition coefficient (Wildman–Crippen LogP) is 4.31. The van der Waals surface area contributed by atoms with Gasteiger partial charge in [0.15, 0.2) is 0 Å². The van der Waals surface area contributed by atoms with Crippen molar-refractivity contribution in [2.75, 3.05) is 7.05 Å². The van der Waals surface area contributed by atoms with Crippen molar-refractivity contribution < 1.29 is 9.18 Å². The monoisotopic (exact) mass is 291 g/mol. The van der Waals surface area contributed by atoms with Gasteiger partial charge in [-0.05, 0) is 30.7 Å². The maximum atomic E-state index is 13.7. The van der Waals surface area contributed by atoms with Gasteiger partial charge in [-0.2, -0.15) is 0 Å². The standard InChI is InChI=1S/C16H15ClFNO/c1-11(12-7-3-5-9-14(12)17)19(2)16(20)13-8-4-6-10-15(13)18/h3-11H,1-2H3. The van der Waals surface area contributed by atoms with E-state index in [1.807, 2.05) is 25.1 Å². The first kappa shape index (κ1) is 14.5. The zero-order valence-corrected chi connectivity index (χ0v) is 12.1. The molecule has 0 aliphatic heterocycles. The van der Waals surface area contributed by atoms with E-state index in [-0.39, 0.29) is 17.5 Å². The molecule has 0 radical (unpaired) electrons. The van der Waals surface area contributed by atoms with Crippen LogP contribution in [0.5, 0.6) is 0 Å². The molecule has 1 atom stereocenters. The fourth-order valence-electron chi connectivity index (χ4n) is 2.02. The zero-order chi connectivity index (χ0) is 14.7. The third-order valence-corrected chi connectivity index (χ3v) is 3.71. The van der Waals surface area contributed by atoms with E-state index < -0.39 is 5.82 Å². The van der Waals surface area contributed by atoms with Gasteiger partial charge in [-0.3, -0.25) is 4.79 Å². The summed E-state index contributed by atoms with van der Waals surface area (Å²) in [7, 11) is 1.64. The first-order valence-electron chi connectivity index (χ1n) is 6.28. The van der Waals surface area contributed by atoms with Crippen LogP contribution in [-0.4, -0.2) is 17.9 Å². The molecule has 2 aromatic rings. The van der Waals surface area contributed by atoms with Crippen molar-refractivity contribution in [3.05, 3.63) is 70.5 Å². The molecule has 0 aromatic heterocycles. The molecule has 0 saturated heterocycles. The smallest absolute Gasteiger partial charge is 0.257 e. The van der Waals surface area contributed by atoms with E-state index in [1.54, 1.807) is 25.2 Å². The van der Waals surface area contributed by atoms with Gasteiger partial charge in [0, 0.05) is 12.1 Å². The average Bonchev–Trinajstić information content (AvgIpc) is 2.46. The van der Waals surface area contributed by atoms with Crippen molar-refractivity contribution in [2.24, 2.45) is 0 Å². The van der Waals surface area contributed by atoms with E-state index in [4.69, 9.17) is 11.6 Å². The largest absolute Gasteiger partial charge is 0.335 e. The molecule has 0 fully saturated rings. The van der Waals surface area contributed by atoms with Gasteiger partial charge in [0.05, 0.1) is 11.6 Å². The lowest BCUT2D eigenvalue weighted by Crippen LogP contribution is -2.30. The van der Waals surface area contributed by atoms with Crippen molar-refractivity contribution >= 4 is 17.5 Å². The van der Waals surface area contributed by atoms with Crippen molar-refractivity contribution in [2.45, 2.75) is 13.0 Å². The van der Waals surface area contributed by atoms with E-state index in [0.717, 1.165) is 5.56 Å². The molecule has 0 bridgehead atoms. The second-order valence-corrected chi connectivity index (χ2v) is 5.00. The second kappa shape index (κ2) is 6.06. The number of hydrogen-bond donors (Lipinski definition) is 0. The van der Waals surface area contributed by atoms with Crippen LogP contribution in [0.2, 0.25) is 5.02 Å². The molecule has 0 spiro atoms. The molecule has 1 amide bonds. The van der Waals surface area contributed by atoms with Crippen LogP contribution in [0, 0.1) is 5.82 Å². The molecule has 0 aliphatic carbocycles. The van der Waals surface area contributed by atoms with Gasteiger partial charge in [-0.15, -0.1) is 0 Å². The lowest BCUT2D eigenvalue weighted by molar-refractivity contribution is 0.0738. The maximum absolute atomic E-state index is 13.7. The highest BCUT2D eigenvalue weighted by Crippen LogP contribution is 2.27. The van der Waals surface area contributed by atoms with E-state index in [9.17, 15) is 9.18 Å². The number of halogens is 2. The molecule has 0 N–H and O–H groups in total. The Morgan fingerprint density at radius 1 is 1.15 bits per heavy atom. The van der Waals surface area contributed by atoms with Gasteiger partial charge in [-0.1, -0.05) is 41.9 Å². The van der Waals surface area contributed by atoms with Crippen LogP contribution in [0.1, 0.15) is 28.9 Å². The fourth-order valence-corrected chi connectivity index (χ4v) is 2.32. The van der Waals surface area contributed by atoms with E-state index >= 15 is 0 Å². The van der Waals surface area contributed by atoms with Gasteiger partial charge in [0.2, 0.25) is 0 Å². The summed E-state index contributed by atoms with van der Waals surface area (Å²) in [4.78, 5) is 13.8. The van der Waals surface area contributed by atoms with Gasteiger partial charge >= 0.3 is 0 Å². The van der Waals surface area contributed by atoms with E-state index in [2.05, 4.69) is 0 Å². The number of hydrogen-bond acceptors (Lipinski definition) is 1. The van der Waals surface area contributed by atoms with Crippen LogP contribution in [0.3, 0.4) is 0 Å². The molecular weight excluding hydrogens is 277 g/mol. The average molecular weight is 292 g/mol. The summed E-state index contributed by atoms with van der Waals surface area (Å²) in [5.41, 5.74) is 0.898. The van der Waals surface area contributed by atoms with E-state index in [0.29, 0.717) is 5.02 Å². The molecule has 0 heterocycles. The molecule has 1 unspecified atom stereocenters. The van der Waals surface area contributed by atoms with Crippen molar-refractivity contribution in [3.63, 3.8) is 0 Å². The number of carbonyl (C=O) groups is 1. The van der Waals surface area contributed by atoms with Crippen LogP contribution in [0.4, 0.5) is 4.39 Å². The third kappa shape index (κ3) is 2.83. The summed E-state index contributed by atoms with van der Waals surface area (Å²) < 4.78 is 13.7. The van der Waals surface area contributed by atoms with Crippen LogP contribution in [0.25, 0.3) is 0 Å². The Morgan fingerprint density at radius 3 is 2.40 bits per heavy atom. The summed E-state index contributed by atoms with van der Waals surface area (Å²) in [5, 5.41) is 0.591. The minimum Gasteiger partial charge on any atom is -0.335 e. The normalized spacial score (nSPS) is 12.0. The van der Waals surface area contributed by atoms with Gasteiger partial charge in [0.25, 0.3) is 5.91 Å². The Labute approximate surface area is 122 Å². The summed E-state index contributed by atoms with van der Waals surface area (Å²) in [6.45, 7) is 1.86. The van der Waals surface area contributed by atoms with Crippen molar-refractivity contribution in [1.29, 1.82) is 0 Å². The van der Waals surface area contributed by atoms with Crippen LogP contribution >= 0.6 is 11.6 Å². The predicted molar refractivity (Wildman–Crippen MR) is 78.4 cm³/mol. The van der Waals surface area contributed by atoms with Gasteiger partial charge in [0.1, 0.15) is 5.82 Å². The van der Waals surface area contributed by atoms with Crippen LogP contribution in [0.15, 0.2) is 48.5 Å². The topological polar surface area (TPSA) is 20.3 Å². The zero-order valence-electron chi connectivity index (χ0n) is 11.3. The Hall–Kier alpha value is -1.87. The highest BCUT2D eigenvalue weighted by atomic mass is 35.5. The second-order valence-electron chi connectivity index (χ2n) is 4.59. The quantitative estimate of drug-likeness (QED) is 0.825. The number of amides is 1. The highest BCUT2D eigenvalue weighted by Gasteiger charge is 2.22. The molecule has 2 rings (SSSR count). The van der Waals surface area contributed by atoms with E-state index in [1.165, 1.54) is 17.0 Å². The Bertz CT molecular complexity index is 629. The maximum Gasteiger partial charge on any atom is 0.257 e. The summed E-state index contributed by atoms with van der Waals surface area (Å²) >= 11 is 6.13. The Kier molecular flexibility index (Phi) is 4.40. The highest BCUT2D eigenvalue weighted by molar-refractivity contribution is 6.31. The lowest BCUT2D eigenvalue weighted by atomic mass is 10.1. The van der Waals surface area contributed by atoms with Crippen LogP contribution < -0.4 is 0 Å². The Balaban J connectivity index is 2.28. The van der Waals surface area contributed by atoms with Crippen molar-refractivity contribution in [1.82, 2.24) is 4.90 Å². The minimum absolute atomic E-state index is 0.0638. The fraction of sp³-hybridized carbons (Fsp3) is 0.188. The molecule has 20 heavy (non-hydrogen) atoms. The van der Waals surface area contributed by atoms with Crippen LogP contribution in [-0.2, 0) is 0 Å². The number of benzene rings is 2. The number of rotatable bonds is 3. The van der Waals surface area contributed by atoms with Crippen molar-refractivity contribution in [3.8, 4) is 0 Å².